The second-order valence-electron chi connectivity index (χ2n) is 4.81. The molecule has 6 heteroatoms. The smallest absolute Gasteiger partial charge is 0.256 e. The Hall–Kier alpha value is -3.20. The average molecular weight is 311 g/mol. The third-order valence-corrected chi connectivity index (χ3v) is 3.30. The van der Waals surface area contributed by atoms with Crippen molar-refractivity contribution in [1.82, 2.24) is 9.78 Å². The number of fused-ring (bicyclic) bond motifs is 1. The first-order valence-electron chi connectivity index (χ1n) is 6.75. The SMILES string of the molecule is C#CCn1nc(NC(=O)c2ccc(F)cc2)c2cccc(F)c21. The van der Waals surface area contributed by atoms with Gasteiger partial charge in [-0.3, -0.25) is 4.79 Å². The van der Waals surface area contributed by atoms with Crippen LogP contribution >= 0.6 is 0 Å². The van der Waals surface area contributed by atoms with Gasteiger partial charge in [-0.05, 0) is 36.4 Å². The van der Waals surface area contributed by atoms with Crippen LogP contribution in [-0.4, -0.2) is 15.7 Å². The number of hydrogen-bond donors (Lipinski definition) is 1. The van der Waals surface area contributed by atoms with Crippen molar-refractivity contribution < 1.29 is 13.6 Å². The number of carbonyl (C=O) groups excluding carboxylic acids is 1. The van der Waals surface area contributed by atoms with Crippen LogP contribution in [0.2, 0.25) is 0 Å². The number of nitrogens with zero attached hydrogens (tertiary/aromatic N) is 2. The molecular formula is C17H11F2N3O. The van der Waals surface area contributed by atoms with Gasteiger partial charge in [-0.25, -0.2) is 13.5 Å². The molecule has 3 aromatic rings. The molecule has 114 valence electrons. The molecular weight excluding hydrogens is 300 g/mol. The number of hydrogen-bond acceptors (Lipinski definition) is 2. The number of nitrogens with one attached hydrogen (secondary N) is 1. The number of amides is 1. The lowest BCUT2D eigenvalue weighted by Gasteiger charge is -2.02. The molecule has 0 fully saturated rings. The van der Waals surface area contributed by atoms with E-state index in [0.717, 1.165) is 0 Å². The van der Waals surface area contributed by atoms with Crippen molar-refractivity contribution in [3.63, 3.8) is 0 Å². The molecule has 0 aliphatic carbocycles. The second kappa shape index (κ2) is 5.89. The summed E-state index contributed by atoms with van der Waals surface area (Å²) >= 11 is 0. The van der Waals surface area contributed by atoms with Crippen molar-refractivity contribution in [1.29, 1.82) is 0 Å². The van der Waals surface area contributed by atoms with E-state index in [1.165, 1.54) is 41.1 Å². The highest BCUT2D eigenvalue weighted by molar-refractivity contribution is 6.07. The monoisotopic (exact) mass is 311 g/mol. The summed E-state index contributed by atoms with van der Waals surface area (Å²) < 4.78 is 28.2. The van der Waals surface area contributed by atoms with Crippen LogP contribution < -0.4 is 5.32 Å². The van der Waals surface area contributed by atoms with Crippen LogP contribution in [0.15, 0.2) is 42.5 Å². The summed E-state index contributed by atoms with van der Waals surface area (Å²) in [5.41, 5.74) is 0.488. The topological polar surface area (TPSA) is 46.9 Å². The van der Waals surface area contributed by atoms with Gasteiger partial charge in [0.25, 0.3) is 5.91 Å². The Morgan fingerprint density at radius 1 is 1.22 bits per heavy atom. The lowest BCUT2D eigenvalue weighted by molar-refractivity contribution is 0.102. The molecule has 0 saturated heterocycles. The second-order valence-corrected chi connectivity index (χ2v) is 4.81. The van der Waals surface area contributed by atoms with Crippen LogP contribution in [0, 0.1) is 24.0 Å². The summed E-state index contributed by atoms with van der Waals surface area (Å²) in [5, 5.41) is 7.19. The van der Waals surface area contributed by atoms with Crippen LogP contribution in [0.5, 0.6) is 0 Å². The minimum Gasteiger partial charge on any atom is -0.305 e. The number of terminal acetylenes is 1. The lowest BCUT2D eigenvalue weighted by Crippen LogP contribution is -2.12. The third-order valence-electron chi connectivity index (χ3n) is 3.30. The normalized spacial score (nSPS) is 10.5. The van der Waals surface area contributed by atoms with Crippen LogP contribution in [0.3, 0.4) is 0 Å². The zero-order valence-electron chi connectivity index (χ0n) is 11.9. The molecule has 1 aromatic heterocycles. The van der Waals surface area contributed by atoms with Crippen molar-refractivity contribution >= 4 is 22.6 Å². The predicted molar refractivity (Wildman–Crippen MR) is 82.9 cm³/mol. The molecule has 2 aromatic carbocycles. The largest absolute Gasteiger partial charge is 0.305 e. The molecule has 0 unspecified atom stereocenters. The first-order valence-corrected chi connectivity index (χ1v) is 6.75. The molecule has 0 bridgehead atoms. The molecule has 0 aliphatic rings. The van der Waals surface area contributed by atoms with E-state index < -0.39 is 17.5 Å². The molecule has 4 nitrogen and oxygen atoms in total. The molecule has 1 heterocycles. The molecule has 0 aliphatic heterocycles. The molecule has 0 saturated carbocycles. The Morgan fingerprint density at radius 3 is 2.65 bits per heavy atom. The van der Waals surface area contributed by atoms with E-state index in [1.54, 1.807) is 6.07 Å². The van der Waals surface area contributed by atoms with E-state index in [1.807, 2.05) is 0 Å². The Balaban J connectivity index is 2.00. The van der Waals surface area contributed by atoms with E-state index in [2.05, 4.69) is 16.3 Å². The zero-order chi connectivity index (χ0) is 16.4. The molecule has 3 rings (SSSR count). The van der Waals surface area contributed by atoms with Gasteiger partial charge < -0.3 is 5.32 Å². The highest BCUT2D eigenvalue weighted by atomic mass is 19.1. The minimum absolute atomic E-state index is 0.0733. The van der Waals surface area contributed by atoms with Crippen molar-refractivity contribution in [2.24, 2.45) is 0 Å². The highest BCUT2D eigenvalue weighted by Gasteiger charge is 2.16. The fourth-order valence-corrected chi connectivity index (χ4v) is 2.27. The van der Waals surface area contributed by atoms with Gasteiger partial charge in [-0.2, -0.15) is 5.10 Å². The van der Waals surface area contributed by atoms with Crippen molar-refractivity contribution in [3.05, 3.63) is 59.7 Å². The van der Waals surface area contributed by atoms with Gasteiger partial charge >= 0.3 is 0 Å². The quantitative estimate of drug-likeness (QED) is 0.755. The molecule has 0 atom stereocenters. The molecule has 1 amide bonds. The van der Waals surface area contributed by atoms with E-state index in [9.17, 15) is 13.6 Å². The predicted octanol–water partition coefficient (Wildman–Crippen LogP) is 3.20. The Bertz CT molecular complexity index is 923. The van der Waals surface area contributed by atoms with Gasteiger partial charge in [0.1, 0.15) is 23.7 Å². The van der Waals surface area contributed by atoms with Crippen LogP contribution in [0.1, 0.15) is 10.4 Å². The molecule has 23 heavy (non-hydrogen) atoms. The van der Waals surface area contributed by atoms with E-state index in [-0.39, 0.29) is 23.4 Å². The summed E-state index contributed by atoms with van der Waals surface area (Å²) in [4.78, 5) is 12.2. The number of halogens is 2. The first kappa shape index (κ1) is 14.7. The minimum atomic E-state index is -0.479. The first-order chi connectivity index (χ1) is 11.1. The number of carbonyl (C=O) groups is 1. The Morgan fingerprint density at radius 2 is 1.96 bits per heavy atom. The molecule has 1 N–H and O–H groups in total. The maximum atomic E-state index is 14.0. The van der Waals surface area contributed by atoms with E-state index in [4.69, 9.17) is 6.42 Å². The van der Waals surface area contributed by atoms with E-state index >= 15 is 0 Å². The maximum Gasteiger partial charge on any atom is 0.256 e. The Kier molecular flexibility index (Phi) is 3.77. The zero-order valence-corrected chi connectivity index (χ0v) is 11.9. The van der Waals surface area contributed by atoms with Crippen LogP contribution in [0.25, 0.3) is 10.9 Å². The number of para-hydroxylation sites is 1. The van der Waals surface area contributed by atoms with Crippen molar-refractivity contribution in [2.75, 3.05) is 5.32 Å². The molecule has 0 spiro atoms. The highest BCUT2D eigenvalue weighted by Crippen LogP contribution is 2.25. The summed E-state index contributed by atoms with van der Waals surface area (Å²) in [6.45, 7) is 0.0733. The number of aromatic nitrogens is 2. The van der Waals surface area contributed by atoms with E-state index in [0.29, 0.717) is 5.39 Å². The van der Waals surface area contributed by atoms with Gasteiger partial charge in [0.2, 0.25) is 0 Å². The maximum absolute atomic E-state index is 14.0. The standard InChI is InChI=1S/C17H11F2N3O/c1-2-10-22-15-13(4-3-5-14(15)19)16(21-22)20-17(23)11-6-8-12(18)9-7-11/h1,3-9H,10H2,(H,20,21,23). The Labute approximate surface area is 130 Å². The number of anilines is 1. The average Bonchev–Trinajstić information content (AvgIpc) is 2.87. The van der Waals surface area contributed by atoms with Crippen LogP contribution in [-0.2, 0) is 6.54 Å². The summed E-state index contributed by atoms with van der Waals surface area (Å²) in [7, 11) is 0. The van der Waals surface area contributed by atoms with Crippen molar-refractivity contribution in [3.8, 4) is 12.3 Å². The van der Waals surface area contributed by atoms with Crippen molar-refractivity contribution in [2.45, 2.75) is 6.54 Å². The fourth-order valence-electron chi connectivity index (χ4n) is 2.27. The van der Waals surface area contributed by atoms with Gasteiger partial charge in [0, 0.05) is 10.9 Å². The van der Waals surface area contributed by atoms with Gasteiger partial charge in [-0.1, -0.05) is 12.0 Å². The fraction of sp³-hybridized carbons (Fsp3) is 0.0588. The summed E-state index contributed by atoms with van der Waals surface area (Å²) in [5.74, 6) is 1.20. The van der Waals surface area contributed by atoms with Gasteiger partial charge in [0.15, 0.2) is 5.82 Å². The lowest BCUT2D eigenvalue weighted by atomic mass is 10.2. The van der Waals surface area contributed by atoms with Gasteiger partial charge in [-0.15, -0.1) is 6.42 Å². The van der Waals surface area contributed by atoms with Crippen LogP contribution in [0.4, 0.5) is 14.6 Å². The summed E-state index contributed by atoms with van der Waals surface area (Å²) in [6, 6.07) is 9.53. The third kappa shape index (κ3) is 2.77. The number of rotatable bonds is 3. The molecule has 0 radical (unpaired) electrons. The van der Waals surface area contributed by atoms with Gasteiger partial charge in [0.05, 0.1) is 0 Å². The number of benzene rings is 2. The summed E-state index contributed by atoms with van der Waals surface area (Å²) in [6.07, 6.45) is 5.26.